The van der Waals surface area contributed by atoms with E-state index in [0.717, 1.165) is 41.4 Å². The van der Waals surface area contributed by atoms with E-state index in [9.17, 15) is 18.0 Å². The molecule has 0 saturated heterocycles. The number of rotatable bonds is 8. The van der Waals surface area contributed by atoms with E-state index in [2.05, 4.69) is 10.4 Å². The Morgan fingerprint density at radius 3 is 2.34 bits per heavy atom. The van der Waals surface area contributed by atoms with Crippen LogP contribution in [0.5, 0.6) is 0 Å². The van der Waals surface area contributed by atoms with E-state index < -0.39 is 11.9 Å². The van der Waals surface area contributed by atoms with Crippen LogP contribution >= 0.6 is 0 Å². The molecule has 2 aromatic heterocycles. The number of hydrogen-bond donors (Lipinski definition) is 1. The van der Waals surface area contributed by atoms with Crippen LogP contribution in [0.1, 0.15) is 42.1 Å². The van der Waals surface area contributed by atoms with Gasteiger partial charge < -0.3 is 5.32 Å². The topological polar surface area (TPSA) is 64.7 Å². The molecule has 1 N–H and O–H groups in total. The summed E-state index contributed by atoms with van der Waals surface area (Å²) >= 11 is 0. The Morgan fingerprint density at radius 1 is 1.00 bits per heavy atom. The van der Waals surface area contributed by atoms with E-state index in [1.165, 1.54) is 4.68 Å². The minimum absolute atomic E-state index is 0.0339. The maximum absolute atomic E-state index is 13.1. The fourth-order valence-corrected chi connectivity index (χ4v) is 4.04. The molecule has 6 nitrogen and oxygen atoms in total. The summed E-state index contributed by atoms with van der Waals surface area (Å²) in [5.41, 5.74) is 3.07. The number of aryl methyl sites for hydroxylation is 1. The zero-order chi connectivity index (χ0) is 24.4. The van der Waals surface area contributed by atoms with E-state index in [1.54, 1.807) is 4.68 Å². The van der Waals surface area contributed by atoms with Gasteiger partial charge in [-0.15, -0.1) is 0 Å². The van der Waals surface area contributed by atoms with E-state index in [4.69, 9.17) is 5.10 Å². The maximum atomic E-state index is 13.1. The summed E-state index contributed by atoms with van der Waals surface area (Å²) in [5, 5.41) is 11.3. The molecule has 0 atom stereocenters. The minimum atomic E-state index is -4.50. The average molecular weight is 480 g/mol. The molecule has 0 bridgehead atoms. The molecule has 0 aliphatic heterocycles. The quantitative estimate of drug-likeness (QED) is 0.371. The molecule has 1 aliphatic rings. The number of hydrogen-bond acceptors (Lipinski definition) is 3. The number of nitrogens with zero attached hydrogens (tertiary/aromatic N) is 4. The second-order valence-corrected chi connectivity index (χ2v) is 8.63. The zero-order valence-electron chi connectivity index (χ0n) is 18.9. The molecule has 1 aliphatic carbocycles. The summed E-state index contributed by atoms with van der Waals surface area (Å²) in [6.45, 7) is 0.348. The highest BCUT2D eigenvalue weighted by atomic mass is 19.4. The van der Waals surface area contributed by atoms with Gasteiger partial charge in [-0.25, -0.2) is 4.68 Å². The van der Waals surface area contributed by atoms with Crippen LogP contribution in [0.2, 0.25) is 0 Å². The maximum Gasteiger partial charge on any atom is 0.435 e. The lowest BCUT2D eigenvalue weighted by atomic mass is 10.1. The number of amides is 1. The predicted octanol–water partition coefficient (Wildman–Crippen LogP) is 5.34. The number of carbonyl (C=O) groups excluding carboxylic acids is 1. The molecule has 0 spiro atoms. The molecule has 9 heteroatoms. The van der Waals surface area contributed by atoms with Crippen molar-refractivity contribution in [2.24, 2.45) is 0 Å². The molecule has 0 unspecified atom stereocenters. The van der Waals surface area contributed by atoms with Gasteiger partial charge in [-0.3, -0.25) is 9.48 Å². The van der Waals surface area contributed by atoms with Gasteiger partial charge in [0.1, 0.15) is 0 Å². The van der Waals surface area contributed by atoms with Crippen molar-refractivity contribution in [3.63, 3.8) is 0 Å². The fourth-order valence-electron chi connectivity index (χ4n) is 4.04. The highest BCUT2D eigenvalue weighted by Crippen LogP contribution is 2.42. The van der Waals surface area contributed by atoms with E-state index in [1.807, 2.05) is 66.9 Å². The number of nitrogens with one attached hydrogen (secondary N) is 1. The lowest BCUT2D eigenvalue weighted by Crippen LogP contribution is -2.24. The molecule has 2 heterocycles. The number of halogens is 3. The van der Waals surface area contributed by atoms with Crippen molar-refractivity contribution in [3.8, 4) is 16.9 Å². The summed E-state index contributed by atoms with van der Waals surface area (Å²) in [6.07, 6.45) is -0.881. The van der Waals surface area contributed by atoms with Crippen LogP contribution < -0.4 is 5.32 Å². The van der Waals surface area contributed by atoms with Crippen molar-refractivity contribution in [2.75, 3.05) is 0 Å². The highest BCUT2D eigenvalue weighted by Gasteiger charge is 2.37. The van der Waals surface area contributed by atoms with E-state index in [0.29, 0.717) is 5.69 Å². The first-order valence-corrected chi connectivity index (χ1v) is 11.5. The third-order valence-corrected chi connectivity index (χ3v) is 5.98. The Morgan fingerprint density at radius 2 is 1.69 bits per heavy atom. The Labute approximate surface area is 200 Å². The number of alkyl halides is 3. The lowest BCUT2D eigenvalue weighted by molar-refractivity contribution is -0.141. The molecular weight excluding hydrogens is 455 g/mol. The number of para-hydroxylation sites is 1. The molecule has 5 rings (SSSR count). The molecule has 35 heavy (non-hydrogen) atoms. The Bertz CT molecular complexity index is 1310. The van der Waals surface area contributed by atoms with Gasteiger partial charge in [0, 0.05) is 48.4 Å². The van der Waals surface area contributed by atoms with Gasteiger partial charge in [-0.2, -0.15) is 23.4 Å². The summed E-state index contributed by atoms with van der Waals surface area (Å²) < 4.78 is 42.4. The van der Waals surface area contributed by atoms with Crippen LogP contribution in [0.4, 0.5) is 13.2 Å². The summed E-state index contributed by atoms with van der Waals surface area (Å²) in [7, 11) is 0. The SMILES string of the molecule is O=C(CCn1nc(C(F)(F)F)cc1C1CC1)NCc1cn(-c2ccccc2)nc1-c1ccccc1. The largest absolute Gasteiger partial charge is 0.435 e. The van der Waals surface area contributed by atoms with E-state index >= 15 is 0 Å². The van der Waals surface area contributed by atoms with Crippen molar-refractivity contribution < 1.29 is 18.0 Å². The van der Waals surface area contributed by atoms with Crippen molar-refractivity contribution in [2.45, 2.75) is 44.4 Å². The van der Waals surface area contributed by atoms with Crippen LogP contribution in [-0.4, -0.2) is 25.5 Å². The summed E-state index contributed by atoms with van der Waals surface area (Å²) in [4.78, 5) is 12.6. The average Bonchev–Trinajstić information content (AvgIpc) is 3.46. The van der Waals surface area contributed by atoms with Crippen LogP contribution in [0.25, 0.3) is 16.9 Å². The van der Waals surface area contributed by atoms with Gasteiger partial charge in [0.2, 0.25) is 5.91 Å². The second kappa shape index (κ2) is 9.40. The normalized spacial score (nSPS) is 13.7. The molecule has 1 amide bonds. The van der Waals surface area contributed by atoms with Gasteiger partial charge >= 0.3 is 6.18 Å². The van der Waals surface area contributed by atoms with Gasteiger partial charge in [-0.1, -0.05) is 48.5 Å². The van der Waals surface area contributed by atoms with Crippen LogP contribution in [0.15, 0.2) is 72.9 Å². The molecule has 2 aromatic carbocycles. The molecule has 1 saturated carbocycles. The van der Waals surface area contributed by atoms with Crippen LogP contribution in [0.3, 0.4) is 0 Å². The number of benzene rings is 2. The molecule has 4 aromatic rings. The Balaban J connectivity index is 1.29. The first-order chi connectivity index (χ1) is 16.9. The minimum Gasteiger partial charge on any atom is -0.352 e. The van der Waals surface area contributed by atoms with Crippen LogP contribution in [0, 0.1) is 0 Å². The first kappa shape index (κ1) is 22.9. The Hall–Kier alpha value is -3.88. The van der Waals surface area contributed by atoms with E-state index in [-0.39, 0.29) is 31.3 Å². The summed E-state index contributed by atoms with van der Waals surface area (Å²) in [5.74, 6) is -0.166. The molecule has 0 radical (unpaired) electrons. The standard InChI is InChI=1S/C26H24F3N5O/c27-26(28,29)23-15-22(18-11-12-18)33(31-23)14-13-24(35)30-16-20-17-34(21-9-5-2-6-10-21)32-25(20)19-7-3-1-4-8-19/h1-10,15,17-18H,11-14,16H2,(H,30,35). The highest BCUT2D eigenvalue weighted by molar-refractivity contribution is 5.76. The van der Waals surface area contributed by atoms with Gasteiger partial charge in [-0.05, 0) is 31.0 Å². The second-order valence-electron chi connectivity index (χ2n) is 8.63. The predicted molar refractivity (Wildman–Crippen MR) is 125 cm³/mol. The Kier molecular flexibility index (Phi) is 6.15. The molecule has 1 fully saturated rings. The van der Waals surface area contributed by atoms with Crippen molar-refractivity contribution in [1.29, 1.82) is 0 Å². The monoisotopic (exact) mass is 479 g/mol. The third-order valence-electron chi connectivity index (χ3n) is 5.98. The van der Waals surface area contributed by atoms with Crippen molar-refractivity contribution >= 4 is 5.91 Å². The van der Waals surface area contributed by atoms with Gasteiger partial charge in [0.25, 0.3) is 0 Å². The fraction of sp³-hybridized carbons (Fsp3) is 0.269. The molecule has 180 valence electrons. The number of aromatic nitrogens is 4. The van der Waals surface area contributed by atoms with Gasteiger partial charge in [0.15, 0.2) is 5.69 Å². The first-order valence-electron chi connectivity index (χ1n) is 11.5. The zero-order valence-corrected chi connectivity index (χ0v) is 18.9. The number of carbonyl (C=O) groups is 1. The van der Waals surface area contributed by atoms with Crippen molar-refractivity contribution in [3.05, 3.63) is 89.9 Å². The lowest BCUT2D eigenvalue weighted by Gasteiger charge is -2.08. The third kappa shape index (κ3) is 5.29. The summed E-state index contributed by atoms with van der Waals surface area (Å²) in [6, 6.07) is 20.5. The van der Waals surface area contributed by atoms with Crippen molar-refractivity contribution in [1.82, 2.24) is 24.9 Å². The van der Waals surface area contributed by atoms with Gasteiger partial charge in [0.05, 0.1) is 11.4 Å². The smallest absolute Gasteiger partial charge is 0.352 e. The van der Waals surface area contributed by atoms with Crippen LogP contribution in [-0.2, 0) is 24.1 Å². The molecular formula is C26H24F3N5O.